The molecular formula is C13H16ClN3O2. The molecule has 1 saturated carbocycles. The van der Waals surface area contributed by atoms with E-state index in [1.54, 1.807) is 18.2 Å². The lowest BCUT2D eigenvalue weighted by Gasteiger charge is -2.10. The summed E-state index contributed by atoms with van der Waals surface area (Å²) in [4.78, 5) is 23.0. The SMILES string of the molecule is Cc1c(Cl)cccc1NC(=O)CNC(=O)NC1CC1. The van der Waals surface area contributed by atoms with Gasteiger partial charge in [0.1, 0.15) is 0 Å². The summed E-state index contributed by atoms with van der Waals surface area (Å²) < 4.78 is 0. The summed E-state index contributed by atoms with van der Waals surface area (Å²) >= 11 is 5.96. The molecule has 0 aromatic heterocycles. The summed E-state index contributed by atoms with van der Waals surface area (Å²) in [6.07, 6.45) is 2.03. The van der Waals surface area contributed by atoms with E-state index in [9.17, 15) is 9.59 Å². The largest absolute Gasteiger partial charge is 0.335 e. The molecule has 0 unspecified atom stereocenters. The van der Waals surface area contributed by atoms with Crippen molar-refractivity contribution in [1.82, 2.24) is 10.6 Å². The van der Waals surface area contributed by atoms with Crippen molar-refractivity contribution < 1.29 is 9.59 Å². The van der Waals surface area contributed by atoms with Gasteiger partial charge in [0.25, 0.3) is 0 Å². The maximum Gasteiger partial charge on any atom is 0.315 e. The molecule has 102 valence electrons. The topological polar surface area (TPSA) is 70.2 Å². The number of benzene rings is 1. The lowest BCUT2D eigenvalue weighted by molar-refractivity contribution is -0.115. The molecule has 0 atom stereocenters. The number of nitrogens with one attached hydrogen (secondary N) is 3. The highest BCUT2D eigenvalue weighted by Gasteiger charge is 2.23. The Labute approximate surface area is 116 Å². The van der Waals surface area contributed by atoms with Crippen LogP contribution in [-0.2, 0) is 4.79 Å². The fourth-order valence-corrected chi connectivity index (χ4v) is 1.74. The molecule has 0 saturated heterocycles. The molecule has 0 spiro atoms. The molecule has 1 aliphatic carbocycles. The van der Waals surface area contributed by atoms with E-state index in [0.29, 0.717) is 10.7 Å². The Morgan fingerprint density at radius 3 is 2.79 bits per heavy atom. The van der Waals surface area contributed by atoms with Crippen LogP contribution in [0.3, 0.4) is 0 Å². The van der Waals surface area contributed by atoms with Gasteiger partial charge in [0.2, 0.25) is 5.91 Å². The van der Waals surface area contributed by atoms with Crippen LogP contribution in [0.4, 0.5) is 10.5 Å². The van der Waals surface area contributed by atoms with Crippen molar-refractivity contribution in [2.75, 3.05) is 11.9 Å². The molecule has 0 heterocycles. The molecule has 2 rings (SSSR count). The fraction of sp³-hybridized carbons (Fsp3) is 0.385. The second kappa shape index (κ2) is 5.93. The molecule has 19 heavy (non-hydrogen) atoms. The molecule has 1 aromatic carbocycles. The van der Waals surface area contributed by atoms with Gasteiger partial charge in [-0.25, -0.2) is 4.79 Å². The van der Waals surface area contributed by atoms with Crippen LogP contribution in [0.25, 0.3) is 0 Å². The highest BCUT2D eigenvalue weighted by atomic mass is 35.5. The summed E-state index contributed by atoms with van der Waals surface area (Å²) in [6, 6.07) is 5.26. The zero-order valence-electron chi connectivity index (χ0n) is 10.6. The zero-order chi connectivity index (χ0) is 13.8. The molecule has 1 aliphatic rings. The van der Waals surface area contributed by atoms with Crippen molar-refractivity contribution >= 4 is 29.2 Å². The number of halogens is 1. The van der Waals surface area contributed by atoms with E-state index >= 15 is 0 Å². The van der Waals surface area contributed by atoms with Crippen molar-refractivity contribution in [2.45, 2.75) is 25.8 Å². The van der Waals surface area contributed by atoms with Gasteiger partial charge in [0.15, 0.2) is 0 Å². The molecule has 0 aliphatic heterocycles. The quantitative estimate of drug-likeness (QED) is 0.790. The molecular weight excluding hydrogens is 266 g/mol. The third-order valence-electron chi connectivity index (χ3n) is 2.86. The summed E-state index contributed by atoms with van der Waals surface area (Å²) in [5.41, 5.74) is 1.46. The third kappa shape index (κ3) is 4.13. The van der Waals surface area contributed by atoms with E-state index in [-0.39, 0.29) is 24.5 Å². The molecule has 0 radical (unpaired) electrons. The van der Waals surface area contributed by atoms with Gasteiger partial charge in [-0.3, -0.25) is 4.79 Å². The molecule has 3 N–H and O–H groups in total. The van der Waals surface area contributed by atoms with Gasteiger partial charge in [0, 0.05) is 16.8 Å². The van der Waals surface area contributed by atoms with Gasteiger partial charge in [-0.2, -0.15) is 0 Å². The standard InChI is InChI=1S/C13H16ClN3O2/c1-8-10(14)3-2-4-11(8)17-12(18)7-15-13(19)16-9-5-6-9/h2-4,9H,5-7H2,1H3,(H,17,18)(H2,15,16,19). The molecule has 5 nitrogen and oxygen atoms in total. The van der Waals surface area contributed by atoms with Crippen LogP contribution in [0.2, 0.25) is 5.02 Å². The molecule has 1 fully saturated rings. The van der Waals surface area contributed by atoms with E-state index in [1.165, 1.54) is 0 Å². The average molecular weight is 282 g/mol. The Hall–Kier alpha value is -1.75. The van der Waals surface area contributed by atoms with Crippen LogP contribution < -0.4 is 16.0 Å². The smallest absolute Gasteiger partial charge is 0.315 e. The second-order valence-corrected chi connectivity index (χ2v) is 4.97. The second-order valence-electron chi connectivity index (χ2n) is 4.56. The summed E-state index contributed by atoms with van der Waals surface area (Å²) in [5, 5.41) is 8.56. The van der Waals surface area contributed by atoms with E-state index in [1.807, 2.05) is 6.92 Å². The summed E-state index contributed by atoms with van der Waals surface area (Å²) in [6.45, 7) is 1.76. The highest BCUT2D eigenvalue weighted by Crippen LogP contribution is 2.22. The fourth-order valence-electron chi connectivity index (χ4n) is 1.56. The van der Waals surface area contributed by atoms with Crippen LogP contribution in [0.1, 0.15) is 18.4 Å². The van der Waals surface area contributed by atoms with Crippen LogP contribution in [0, 0.1) is 6.92 Å². The van der Waals surface area contributed by atoms with Crippen molar-refractivity contribution in [3.05, 3.63) is 28.8 Å². The molecule has 6 heteroatoms. The van der Waals surface area contributed by atoms with Crippen LogP contribution in [0.15, 0.2) is 18.2 Å². The zero-order valence-corrected chi connectivity index (χ0v) is 11.4. The third-order valence-corrected chi connectivity index (χ3v) is 3.27. The molecule has 0 bridgehead atoms. The van der Waals surface area contributed by atoms with Gasteiger partial charge in [-0.15, -0.1) is 0 Å². The first-order valence-corrected chi connectivity index (χ1v) is 6.53. The van der Waals surface area contributed by atoms with Crippen molar-refractivity contribution in [3.63, 3.8) is 0 Å². The van der Waals surface area contributed by atoms with Gasteiger partial charge in [-0.05, 0) is 37.5 Å². The van der Waals surface area contributed by atoms with Crippen LogP contribution >= 0.6 is 11.6 Å². The minimum Gasteiger partial charge on any atom is -0.335 e. The molecule has 1 aromatic rings. The van der Waals surface area contributed by atoms with Gasteiger partial charge < -0.3 is 16.0 Å². The minimum absolute atomic E-state index is 0.0650. The van der Waals surface area contributed by atoms with Crippen molar-refractivity contribution in [3.8, 4) is 0 Å². The van der Waals surface area contributed by atoms with E-state index in [4.69, 9.17) is 11.6 Å². The Balaban J connectivity index is 1.80. The maximum absolute atomic E-state index is 11.7. The minimum atomic E-state index is -0.305. The first-order valence-electron chi connectivity index (χ1n) is 6.15. The van der Waals surface area contributed by atoms with Gasteiger partial charge in [-0.1, -0.05) is 17.7 Å². The Bertz CT molecular complexity index is 501. The average Bonchev–Trinajstić information content (AvgIpc) is 3.16. The number of carbonyl (C=O) groups is 2. The van der Waals surface area contributed by atoms with E-state index in [2.05, 4.69) is 16.0 Å². The van der Waals surface area contributed by atoms with Crippen LogP contribution in [-0.4, -0.2) is 24.5 Å². The Morgan fingerprint density at radius 2 is 2.11 bits per heavy atom. The summed E-state index contributed by atoms with van der Waals surface area (Å²) in [5.74, 6) is -0.281. The van der Waals surface area contributed by atoms with Crippen molar-refractivity contribution in [1.29, 1.82) is 0 Å². The lowest BCUT2D eigenvalue weighted by atomic mass is 10.2. The first kappa shape index (κ1) is 13.7. The number of rotatable bonds is 4. The maximum atomic E-state index is 11.7. The van der Waals surface area contributed by atoms with Crippen LogP contribution in [0.5, 0.6) is 0 Å². The predicted octanol–water partition coefficient (Wildman–Crippen LogP) is 2.05. The van der Waals surface area contributed by atoms with Gasteiger partial charge in [0.05, 0.1) is 6.54 Å². The van der Waals surface area contributed by atoms with E-state index < -0.39 is 0 Å². The van der Waals surface area contributed by atoms with Crippen molar-refractivity contribution in [2.24, 2.45) is 0 Å². The number of carbonyl (C=O) groups excluding carboxylic acids is 2. The number of hydrogen-bond donors (Lipinski definition) is 3. The predicted molar refractivity (Wildman–Crippen MR) is 74.4 cm³/mol. The normalized spacial score (nSPS) is 13.8. The number of urea groups is 1. The number of anilines is 1. The Kier molecular flexibility index (Phi) is 4.27. The highest BCUT2D eigenvalue weighted by molar-refractivity contribution is 6.31. The van der Waals surface area contributed by atoms with E-state index in [0.717, 1.165) is 18.4 Å². The number of hydrogen-bond acceptors (Lipinski definition) is 2. The molecule has 3 amide bonds. The van der Waals surface area contributed by atoms with Gasteiger partial charge >= 0.3 is 6.03 Å². The number of amides is 3. The lowest BCUT2D eigenvalue weighted by Crippen LogP contribution is -2.40. The monoisotopic (exact) mass is 281 g/mol. The summed E-state index contributed by atoms with van der Waals surface area (Å²) in [7, 11) is 0. The Morgan fingerprint density at radius 1 is 1.37 bits per heavy atom. The first-order chi connectivity index (χ1) is 9.06.